The third-order valence-corrected chi connectivity index (χ3v) is 8.01. The molecule has 0 radical (unpaired) electrons. The van der Waals surface area contributed by atoms with Crippen LogP contribution in [-0.2, 0) is 14.8 Å². The number of carbonyl (C=O) groups is 1. The first-order valence-corrected chi connectivity index (χ1v) is 10.9. The molecule has 9 heteroatoms. The molecule has 0 atom stereocenters. The molecule has 1 amide bonds. The Morgan fingerprint density at radius 1 is 0.931 bits per heavy atom. The Morgan fingerprint density at radius 3 is 2.14 bits per heavy atom. The number of rotatable bonds is 3. The summed E-state index contributed by atoms with van der Waals surface area (Å²) < 4.78 is 67.9. The topological polar surface area (TPSA) is 57.7 Å². The second kappa shape index (κ2) is 6.98. The number of halogens is 3. The van der Waals surface area contributed by atoms with E-state index in [2.05, 4.69) is 0 Å². The van der Waals surface area contributed by atoms with Gasteiger partial charge in [0.05, 0.1) is 4.90 Å². The number of hydrogen-bond acceptors (Lipinski definition) is 3. The van der Waals surface area contributed by atoms with Crippen LogP contribution in [0.25, 0.3) is 10.8 Å². The normalized spacial score (nSPS) is 20.4. The molecule has 0 bridgehead atoms. The smallest absolute Gasteiger partial charge is 0.339 e. The third-order valence-electron chi connectivity index (χ3n) is 6.05. The molecule has 2 aliphatic rings. The average molecular weight is 426 g/mol. The minimum atomic E-state index is -4.57. The maximum atomic E-state index is 13.4. The van der Waals surface area contributed by atoms with Crippen LogP contribution >= 0.6 is 0 Å². The largest absolute Gasteiger partial charge is 0.403 e. The zero-order valence-corrected chi connectivity index (χ0v) is 16.5. The van der Waals surface area contributed by atoms with E-state index in [1.54, 1.807) is 18.2 Å². The van der Waals surface area contributed by atoms with E-state index >= 15 is 0 Å². The lowest BCUT2D eigenvalue weighted by Crippen LogP contribution is -2.60. The minimum Gasteiger partial charge on any atom is -0.339 e. The molecule has 1 saturated carbocycles. The van der Waals surface area contributed by atoms with Gasteiger partial charge in [-0.3, -0.25) is 4.79 Å². The molecule has 2 aromatic rings. The van der Waals surface area contributed by atoms with Crippen LogP contribution in [0.1, 0.15) is 19.3 Å². The quantitative estimate of drug-likeness (QED) is 0.756. The fraction of sp³-hybridized carbons (Fsp3) is 0.450. The second-order valence-electron chi connectivity index (χ2n) is 7.61. The van der Waals surface area contributed by atoms with Gasteiger partial charge in [-0.15, -0.1) is 0 Å². The molecule has 156 valence electrons. The lowest BCUT2D eigenvalue weighted by atomic mass is 9.67. The molecular weight excluding hydrogens is 405 g/mol. The molecule has 0 N–H and O–H groups in total. The molecular formula is C20H21F3N2O3S. The van der Waals surface area contributed by atoms with Crippen LogP contribution in [0.4, 0.5) is 13.2 Å². The van der Waals surface area contributed by atoms with Crippen molar-refractivity contribution in [1.29, 1.82) is 0 Å². The standard InChI is InChI=1S/C20H21F3N2O3S/c21-20(22,23)19(9-4-10-19)18(26)24-11-13-25(14-12-24)29(27,28)17-8-3-6-15-5-1-2-7-16(15)17/h1-3,5-8H,4,9-14H2. The zero-order chi connectivity index (χ0) is 20.9. The van der Waals surface area contributed by atoms with E-state index in [4.69, 9.17) is 0 Å². The van der Waals surface area contributed by atoms with Crippen LogP contribution in [-0.4, -0.2) is 55.9 Å². The molecule has 2 fully saturated rings. The van der Waals surface area contributed by atoms with Gasteiger partial charge in [0.2, 0.25) is 15.9 Å². The number of alkyl halides is 3. The summed E-state index contributed by atoms with van der Waals surface area (Å²) in [6.07, 6.45) is -4.58. The fourth-order valence-electron chi connectivity index (χ4n) is 4.14. The molecule has 1 heterocycles. The van der Waals surface area contributed by atoms with E-state index in [-0.39, 0.29) is 43.9 Å². The van der Waals surface area contributed by atoms with Crippen molar-refractivity contribution in [3.05, 3.63) is 42.5 Å². The Balaban J connectivity index is 1.53. The third kappa shape index (κ3) is 3.20. The van der Waals surface area contributed by atoms with Crippen LogP contribution in [0.5, 0.6) is 0 Å². The van der Waals surface area contributed by atoms with Crippen molar-refractivity contribution in [2.75, 3.05) is 26.2 Å². The van der Waals surface area contributed by atoms with Crippen LogP contribution < -0.4 is 0 Å². The van der Waals surface area contributed by atoms with Crippen molar-refractivity contribution in [2.45, 2.75) is 30.3 Å². The van der Waals surface area contributed by atoms with Crippen LogP contribution in [0.15, 0.2) is 47.4 Å². The van der Waals surface area contributed by atoms with Crippen LogP contribution in [0.2, 0.25) is 0 Å². The Bertz CT molecular complexity index is 1040. The number of benzene rings is 2. The van der Waals surface area contributed by atoms with Crippen molar-refractivity contribution in [2.24, 2.45) is 5.41 Å². The molecule has 2 aromatic carbocycles. The van der Waals surface area contributed by atoms with Gasteiger partial charge in [0.1, 0.15) is 5.41 Å². The number of fused-ring (bicyclic) bond motifs is 1. The highest BCUT2D eigenvalue weighted by Gasteiger charge is 2.64. The highest BCUT2D eigenvalue weighted by atomic mass is 32.2. The summed E-state index contributed by atoms with van der Waals surface area (Å²) in [6, 6.07) is 12.1. The van der Waals surface area contributed by atoms with Crippen LogP contribution in [0, 0.1) is 5.41 Å². The van der Waals surface area contributed by atoms with Gasteiger partial charge in [-0.2, -0.15) is 17.5 Å². The van der Waals surface area contributed by atoms with Crippen molar-refractivity contribution < 1.29 is 26.4 Å². The molecule has 0 unspecified atom stereocenters. The van der Waals surface area contributed by atoms with E-state index in [1.165, 1.54) is 15.3 Å². The molecule has 29 heavy (non-hydrogen) atoms. The molecule has 5 nitrogen and oxygen atoms in total. The van der Waals surface area contributed by atoms with Crippen molar-refractivity contribution in [1.82, 2.24) is 9.21 Å². The number of sulfonamides is 1. The van der Waals surface area contributed by atoms with Crippen molar-refractivity contribution in [3.8, 4) is 0 Å². The van der Waals surface area contributed by atoms with E-state index in [0.29, 0.717) is 11.8 Å². The van der Waals surface area contributed by atoms with Gasteiger partial charge in [-0.1, -0.05) is 42.8 Å². The number of piperazine rings is 1. The summed E-state index contributed by atoms with van der Waals surface area (Å²) in [7, 11) is -3.82. The maximum Gasteiger partial charge on any atom is 0.403 e. The zero-order valence-electron chi connectivity index (χ0n) is 15.7. The highest BCUT2D eigenvalue weighted by molar-refractivity contribution is 7.89. The summed E-state index contributed by atoms with van der Waals surface area (Å²) in [5, 5.41) is 1.39. The molecule has 0 aromatic heterocycles. The summed E-state index contributed by atoms with van der Waals surface area (Å²) in [5.41, 5.74) is -2.29. The van der Waals surface area contributed by atoms with Gasteiger partial charge in [0.15, 0.2) is 0 Å². The van der Waals surface area contributed by atoms with E-state index < -0.39 is 27.5 Å². The Hall–Kier alpha value is -2.13. The SMILES string of the molecule is O=C(N1CCN(S(=O)(=O)c2cccc3ccccc23)CC1)C1(C(F)(F)F)CCC1. The van der Waals surface area contributed by atoms with Gasteiger partial charge in [0.25, 0.3) is 0 Å². The van der Waals surface area contributed by atoms with Gasteiger partial charge in [-0.05, 0) is 24.3 Å². The van der Waals surface area contributed by atoms with Crippen molar-refractivity contribution in [3.63, 3.8) is 0 Å². The lowest BCUT2D eigenvalue weighted by Gasteiger charge is -2.46. The maximum absolute atomic E-state index is 13.4. The Labute approximate surface area is 167 Å². The van der Waals surface area contributed by atoms with E-state index in [1.807, 2.05) is 18.2 Å². The average Bonchev–Trinajstić information content (AvgIpc) is 2.65. The summed E-state index contributed by atoms with van der Waals surface area (Å²) >= 11 is 0. The second-order valence-corrected chi connectivity index (χ2v) is 9.51. The minimum absolute atomic E-state index is 0.0226. The number of amides is 1. The van der Waals surface area contributed by atoms with Gasteiger partial charge in [0, 0.05) is 31.6 Å². The Morgan fingerprint density at radius 2 is 1.55 bits per heavy atom. The first-order chi connectivity index (χ1) is 13.7. The summed E-state index contributed by atoms with van der Waals surface area (Å²) in [6.45, 7) is -0.127. The van der Waals surface area contributed by atoms with Gasteiger partial charge in [-0.25, -0.2) is 8.42 Å². The fourth-order valence-corrected chi connectivity index (χ4v) is 5.78. The van der Waals surface area contributed by atoms with Gasteiger partial charge >= 0.3 is 6.18 Å². The summed E-state index contributed by atoms with van der Waals surface area (Å²) in [5.74, 6) is -0.918. The van der Waals surface area contributed by atoms with Crippen LogP contribution in [0.3, 0.4) is 0 Å². The van der Waals surface area contributed by atoms with Gasteiger partial charge < -0.3 is 4.90 Å². The monoisotopic (exact) mass is 426 g/mol. The molecule has 1 aliphatic heterocycles. The lowest BCUT2D eigenvalue weighted by molar-refractivity contribution is -0.248. The number of hydrogen-bond donors (Lipinski definition) is 0. The molecule has 1 saturated heterocycles. The van der Waals surface area contributed by atoms with E-state index in [0.717, 1.165) is 5.39 Å². The number of carbonyl (C=O) groups excluding carboxylic acids is 1. The first kappa shape index (κ1) is 20.2. The number of nitrogens with zero attached hydrogens (tertiary/aromatic N) is 2. The first-order valence-electron chi connectivity index (χ1n) is 9.51. The molecule has 1 aliphatic carbocycles. The molecule has 4 rings (SSSR count). The molecule has 0 spiro atoms. The highest BCUT2D eigenvalue weighted by Crippen LogP contribution is 2.54. The predicted molar refractivity (Wildman–Crippen MR) is 102 cm³/mol. The van der Waals surface area contributed by atoms with E-state index in [9.17, 15) is 26.4 Å². The predicted octanol–water partition coefficient (Wildman–Crippen LogP) is 3.41. The summed E-state index contributed by atoms with van der Waals surface area (Å²) in [4.78, 5) is 13.9. The Kier molecular flexibility index (Phi) is 4.85. The van der Waals surface area contributed by atoms with Crippen molar-refractivity contribution >= 4 is 26.7 Å².